The number of hydrogen-bond acceptors (Lipinski definition) is 7. The second-order valence-corrected chi connectivity index (χ2v) is 6.71. The molecule has 0 spiro atoms. The summed E-state index contributed by atoms with van der Waals surface area (Å²) in [6.07, 6.45) is 0. The Labute approximate surface area is 158 Å². The summed E-state index contributed by atoms with van der Waals surface area (Å²) in [5, 5.41) is 3.95. The molecular weight excluding hydrogens is 374 g/mol. The highest BCUT2D eigenvalue weighted by Gasteiger charge is 2.18. The van der Waals surface area contributed by atoms with E-state index in [1.54, 1.807) is 48.5 Å². The molecule has 0 radical (unpaired) electrons. The predicted octanol–water partition coefficient (Wildman–Crippen LogP) is 4.14. The number of nitrogens with zero attached hydrogens (tertiary/aromatic N) is 1. The SMILES string of the molecule is COC(=O)c1cccc(Nc2nc(N)c(C(=O)c3cccc(Cl)c3)s2)c1. The first kappa shape index (κ1) is 17.9. The maximum Gasteiger partial charge on any atom is 0.337 e. The van der Waals surface area contributed by atoms with Crippen LogP contribution in [0.5, 0.6) is 0 Å². The molecule has 0 saturated heterocycles. The van der Waals surface area contributed by atoms with Crippen molar-refractivity contribution in [3.8, 4) is 0 Å². The third-order valence-electron chi connectivity index (χ3n) is 3.48. The van der Waals surface area contributed by atoms with Gasteiger partial charge < -0.3 is 15.8 Å². The first-order valence-corrected chi connectivity index (χ1v) is 8.69. The summed E-state index contributed by atoms with van der Waals surface area (Å²) in [6.45, 7) is 0. The summed E-state index contributed by atoms with van der Waals surface area (Å²) in [7, 11) is 1.32. The number of methoxy groups -OCH3 is 1. The van der Waals surface area contributed by atoms with Crippen molar-refractivity contribution in [3.63, 3.8) is 0 Å². The number of nitrogens with two attached hydrogens (primary N) is 1. The molecule has 0 bridgehead atoms. The molecule has 1 heterocycles. The topological polar surface area (TPSA) is 94.3 Å². The summed E-state index contributed by atoms with van der Waals surface area (Å²) in [5.41, 5.74) is 7.37. The van der Waals surface area contributed by atoms with Crippen LogP contribution in [0.3, 0.4) is 0 Å². The van der Waals surface area contributed by atoms with Crippen LogP contribution in [0.15, 0.2) is 48.5 Å². The van der Waals surface area contributed by atoms with Gasteiger partial charge in [-0.25, -0.2) is 9.78 Å². The Bertz CT molecular complexity index is 987. The smallest absolute Gasteiger partial charge is 0.337 e. The number of rotatable bonds is 5. The maximum atomic E-state index is 12.6. The van der Waals surface area contributed by atoms with Gasteiger partial charge in [0.15, 0.2) is 5.13 Å². The molecule has 26 heavy (non-hydrogen) atoms. The van der Waals surface area contributed by atoms with E-state index in [0.717, 1.165) is 11.3 Å². The molecule has 0 atom stereocenters. The number of thiazole rings is 1. The molecule has 0 aliphatic heterocycles. The lowest BCUT2D eigenvalue weighted by atomic mass is 10.1. The van der Waals surface area contributed by atoms with Crippen molar-refractivity contribution in [3.05, 3.63) is 69.6 Å². The van der Waals surface area contributed by atoms with Gasteiger partial charge in [0.25, 0.3) is 0 Å². The van der Waals surface area contributed by atoms with Crippen LogP contribution in [-0.4, -0.2) is 23.8 Å². The molecule has 0 aliphatic carbocycles. The minimum Gasteiger partial charge on any atom is -0.465 e. The number of anilines is 3. The van der Waals surface area contributed by atoms with Crippen molar-refractivity contribution in [2.45, 2.75) is 0 Å². The largest absolute Gasteiger partial charge is 0.465 e. The number of halogens is 1. The summed E-state index contributed by atoms with van der Waals surface area (Å²) < 4.78 is 4.70. The Kier molecular flexibility index (Phi) is 5.20. The van der Waals surface area contributed by atoms with Crippen molar-refractivity contribution in [1.82, 2.24) is 4.98 Å². The molecule has 0 saturated carbocycles. The number of nitrogen functional groups attached to an aromatic ring is 1. The quantitative estimate of drug-likeness (QED) is 0.504. The van der Waals surface area contributed by atoms with Crippen LogP contribution in [0.4, 0.5) is 16.6 Å². The number of ether oxygens (including phenoxy) is 1. The average Bonchev–Trinajstić information content (AvgIpc) is 3.00. The summed E-state index contributed by atoms with van der Waals surface area (Å²) in [4.78, 5) is 28.7. The fourth-order valence-electron chi connectivity index (χ4n) is 2.27. The first-order chi connectivity index (χ1) is 12.5. The molecule has 6 nitrogen and oxygen atoms in total. The minimum atomic E-state index is -0.441. The Morgan fingerprint density at radius 2 is 1.88 bits per heavy atom. The van der Waals surface area contributed by atoms with E-state index in [0.29, 0.717) is 31.8 Å². The molecule has 3 rings (SSSR count). The Morgan fingerprint density at radius 3 is 2.62 bits per heavy atom. The van der Waals surface area contributed by atoms with E-state index in [4.69, 9.17) is 22.1 Å². The van der Waals surface area contributed by atoms with Crippen molar-refractivity contribution in [1.29, 1.82) is 0 Å². The van der Waals surface area contributed by atoms with E-state index in [2.05, 4.69) is 10.3 Å². The monoisotopic (exact) mass is 387 g/mol. The lowest BCUT2D eigenvalue weighted by molar-refractivity contribution is 0.0600. The maximum absolute atomic E-state index is 12.6. The van der Waals surface area contributed by atoms with Crippen molar-refractivity contribution < 1.29 is 14.3 Å². The number of hydrogen-bond donors (Lipinski definition) is 2. The summed E-state index contributed by atoms with van der Waals surface area (Å²) in [5.74, 6) is -0.561. The Balaban J connectivity index is 1.85. The molecule has 0 fully saturated rings. The van der Waals surface area contributed by atoms with Gasteiger partial charge in [-0.2, -0.15) is 0 Å². The molecule has 2 aromatic carbocycles. The van der Waals surface area contributed by atoms with Gasteiger partial charge in [-0.3, -0.25) is 4.79 Å². The Hall–Kier alpha value is -2.90. The molecule has 3 N–H and O–H groups in total. The minimum absolute atomic E-state index is 0.131. The van der Waals surface area contributed by atoms with Gasteiger partial charge in [-0.05, 0) is 30.3 Å². The highest BCUT2D eigenvalue weighted by Crippen LogP contribution is 2.30. The second-order valence-electron chi connectivity index (χ2n) is 5.27. The van der Waals surface area contributed by atoms with Gasteiger partial charge in [0, 0.05) is 16.3 Å². The molecular formula is C18H14ClN3O3S. The van der Waals surface area contributed by atoms with Crippen LogP contribution < -0.4 is 11.1 Å². The van der Waals surface area contributed by atoms with E-state index in [-0.39, 0.29) is 11.6 Å². The summed E-state index contributed by atoms with van der Waals surface area (Å²) in [6, 6.07) is 13.4. The van der Waals surface area contributed by atoms with Crippen LogP contribution in [-0.2, 0) is 4.74 Å². The number of ketones is 1. The molecule has 1 aromatic heterocycles. The first-order valence-electron chi connectivity index (χ1n) is 7.50. The number of nitrogens with one attached hydrogen (secondary N) is 1. The third-order valence-corrected chi connectivity index (χ3v) is 4.70. The van der Waals surface area contributed by atoms with E-state index >= 15 is 0 Å². The highest BCUT2D eigenvalue weighted by atomic mass is 35.5. The van der Waals surface area contributed by atoms with Gasteiger partial charge in [-0.1, -0.05) is 41.1 Å². The number of benzene rings is 2. The van der Waals surface area contributed by atoms with Gasteiger partial charge in [0.1, 0.15) is 10.7 Å². The lowest BCUT2D eigenvalue weighted by Gasteiger charge is -2.04. The van der Waals surface area contributed by atoms with E-state index in [1.807, 2.05) is 0 Å². The third kappa shape index (κ3) is 3.84. The molecule has 0 unspecified atom stereocenters. The predicted molar refractivity (Wildman–Crippen MR) is 102 cm³/mol. The zero-order valence-corrected chi connectivity index (χ0v) is 15.2. The standard InChI is InChI=1S/C18H14ClN3O3S/c1-25-17(24)11-5-3-7-13(9-11)21-18-22-16(20)15(26-18)14(23)10-4-2-6-12(19)8-10/h2-9H,20H2,1H3,(H,21,22). The van der Waals surface area contributed by atoms with Gasteiger partial charge in [0.2, 0.25) is 5.78 Å². The zero-order chi connectivity index (χ0) is 18.7. The van der Waals surface area contributed by atoms with Gasteiger partial charge in [0.05, 0.1) is 12.7 Å². The molecule has 8 heteroatoms. The number of carbonyl (C=O) groups excluding carboxylic acids is 2. The lowest BCUT2D eigenvalue weighted by Crippen LogP contribution is -2.02. The van der Waals surface area contributed by atoms with Crippen LogP contribution in [0, 0.1) is 0 Å². The van der Waals surface area contributed by atoms with Crippen LogP contribution in [0.25, 0.3) is 0 Å². The van der Waals surface area contributed by atoms with E-state index < -0.39 is 5.97 Å². The van der Waals surface area contributed by atoms with E-state index in [9.17, 15) is 9.59 Å². The van der Waals surface area contributed by atoms with E-state index in [1.165, 1.54) is 7.11 Å². The number of carbonyl (C=O) groups is 2. The van der Waals surface area contributed by atoms with Crippen LogP contribution >= 0.6 is 22.9 Å². The van der Waals surface area contributed by atoms with Gasteiger partial charge >= 0.3 is 5.97 Å². The average molecular weight is 388 g/mol. The Morgan fingerprint density at radius 1 is 1.15 bits per heavy atom. The fraction of sp³-hybridized carbons (Fsp3) is 0.0556. The normalized spacial score (nSPS) is 10.4. The molecule has 0 amide bonds. The number of esters is 1. The molecule has 3 aromatic rings. The molecule has 132 valence electrons. The van der Waals surface area contributed by atoms with Crippen LogP contribution in [0.1, 0.15) is 25.6 Å². The van der Waals surface area contributed by atoms with Crippen molar-refractivity contribution in [2.24, 2.45) is 0 Å². The van der Waals surface area contributed by atoms with Crippen LogP contribution in [0.2, 0.25) is 5.02 Å². The highest BCUT2D eigenvalue weighted by molar-refractivity contribution is 7.18. The second kappa shape index (κ2) is 7.55. The fourth-order valence-corrected chi connectivity index (χ4v) is 3.33. The van der Waals surface area contributed by atoms with Gasteiger partial charge in [-0.15, -0.1) is 0 Å². The van der Waals surface area contributed by atoms with Crippen molar-refractivity contribution >= 4 is 51.3 Å². The number of aromatic nitrogens is 1. The zero-order valence-electron chi connectivity index (χ0n) is 13.7. The molecule has 0 aliphatic rings. The van der Waals surface area contributed by atoms with Crippen molar-refractivity contribution in [2.75, 3.05) is 18.2 Å². The summed E-state index contributed by atoms with van der Waals surface area (Å²) >= 11 is 7.06.